The maximum Gasteiger partial charge on any atom is 0.306 e. The van der Waals surface area contributed by atoms with Gasteiger partial charge in [-0.2, -0.15) is 12.8 Å². The highest BCUT2D eigenvalue weighted by Crippen LogP contribution is 2.38. The van der Waals surface area contributed by atoms with Gasteiger partial charge in [0.1, 0.15) is 5.84 Å². The average Bonchev–Trinajstić information content (AvgIpc) is 2.89. The average molecular weight is 533 g/mol. The van der Waals surface area contributed by atoms with Crippen LogP contribution >= 0.6 is 0 Å². The van der Waals surface area contributed by atoms with Crippen molar-refractivity contribution in [2.45, 2.75) is 61.9 Å². The molecule has 0 bridgehead atoms. The fourth-order valence-corrected chi connectivity index (χ4v) is 6.42. The first-order valence-electron chi connectivity index (χ1n) is 12.6. The van der Waals surface area contributed by atoms with Crippen molar-refractivity contribution in [2.75, 3.05) is 25.1 Å². The van der Waals surface area contributed by atoms with Crippen molar-refractivity contribution in [3.8, 4) is 0 Å². The summed E-state index contributed by atoms with van der Waals surface area (Å²) in [7, 11) is -2.54. The predicted octanol–water partition coefficient (Wildman–Crippen LogP) is 4.78. The van der Waals surface area contributed by atoms with E-state index in [1.807, 2.05) is 19.2 Å². The normalized spacial score (nSPS) is 19.1. The number of nitrogens with two attached hydrogens (primary N) is 1. The number of halogens is 1. The van der Waals surface area contributed by atoms with E-state index in [0.717, 1.165) is 56.1 Å². The molecule has 4 rings (SSSR count). The SMILES string of the molecule is COC1(CC2CCCCC2)CCN(c2ccc(/C(N)=N\S(=O)(=O)c3ccc(F)c([N+](=O)[O-])c3)cc2)CC1. The molecule has 1 aliphatic heterocycles. The summed E-state index contributed by atoms with van der Waals surface area (Å²) < 4.78 is 48.5. The van der Waals surface area contributed by atoms with Crippen LogP contribution in [-0.2, 0) is 14.8 Å². The molecule has 1 heterocycles. The number of amidine groups is 1. The van der Waals surface area contributed by atoms with E-state index in [1.54, 1.807) is 12.1 Å². The maximum absolute atomic E-state index is 13.6. The second-order valence-electron chi connectivity index (χ2n) is 9.95. The summed E-state index contributed by atoms with van der Waals surface area (Å²) in [6.45, 7) is 1.72. The molecule has 2 aliphatic rings. The number of methoxy groups -OCH3 is 1. The molecule has 9 nitrogen and oxygen atoms in total. The molecule has 2 aromatic rings. The third-order valence-electron chi connectivity index (χ3n) is 7.65. The molecule has 0 aromatic heterocycles. The number of benzene rings is 2. The van der Waals surface area contributed by atoms with Gasteiger partial charge in [0, 0.05) is 37.5 Å². The van der Waals surface area contributed by atoms with Crippen molar-refractivity contribution in [2.24, 2.45) is 16.0 Å². The molecule has 0 spiro atoms. The predicted molar refractivity (Wildman–Crippen MR) is 140 cm³/mol. The topological polar surface area (TPSA) is 128 Å². The first-order valence-corrected chi connectivity index (χ1v) is 14.0. The lowest BCUT2D eigenvalue weighted by Gasteiger charge is -2.44. The molecule has 2 N–H and O–H groups in total. The monoisotopic (exact) mass is 532 g/mol. The van der Waals surface area contributed by atoms with E-state index in [4.69, 9.17) is 10.5 Å². The van der Waals surface area contributed by atoms with Gasteiger partial charge in [0.25, 0.3) is 10.0 Å². The number of ether oxygens (including phenoxy) is 1. The number of nitrogens with zero attached hydrogens (tertiary/aromatic N) is 3. The zero-order valence-electron chi connectivity index (χ0n) is 20.9. The molecule has 1 saturated carbocycles. The molecular formula is C26H33FN4O5S. The number of sulfonamides is 1. The lowest BCUT2D eigenvalue weighted by Crippen LogP contribution is -2.47. The largest absolute Gasteiger partial charge is 0.383 e. The van der Waals surface area contributed by atoms with Crippen LogP contribution in [0.2, 0.25) is 0 Å². The van der Waals surface area contributed by atoms with Gasteiger partial charge in [-0.05, 0) is 61.6 Å². The molecule has 0 atom stereocenters. The van der Waals surface area contributed by atoms with Crippen LogP contribution in [0.25, 0.3) is 0 Å². The minimum absolute atomic E-state index is 0.0701. The minimum Gasteiger partial charge on any atom is -0.383 e. The summed E-state index contributed by atoms with van der Waals surface area (Å²) >= 11 is 0. The zero-order valence-corrected chi connectivity index (χ0v) is 21.8. The smallest absolute Gasteiger partial charge is 0.306 e. The Balaban J connectivity index is 1.42. The van der Waals surface area contributed by atoms with Gasteiger partial charge in [0.15, 0.2) is 0 Å². The van der Waals surface area contributed by atoms with Crippen molar-refractivity contribution in [3.63, 3.8) is 0 Å². The second kappa shape index (κ2) is 11.1. The van der Waals surface area contributed by atoms with Gasteiger partial charge >= 0.3 is 5.69 Å². The van der Waals surface area contributed by atoms with Gasteiger partial charge in [0.2, 0.25) is 5.82 Å². The number of piperidine rings is 1. The van der Waals surface area contributed by atoms with E-state index < -0.39 is 31.3 Å². The summed E-state index contributed by atoms with van der Waals surface area (Å²) in [4.78, 5) is 11.7. The number of rotatable bonds is 8. The van der Waals surface area contributed by atoms with Crippen LogP contribution in [0.5, 0.6) is 0 Å². The van der Waals surface area contributed by atoms with Crippen molar-refractivity contribution in [1.29, 1.82) is 0 Å². The Bertz CT molecular complexity index is 1250. The Hall–Kier alpha value is -3.05. The number of hydrogen-bond acceptors (Lipinski definition) is 6. The number of anilines is 1. The van der Waals surface area contributed by atoms with Gasteiger partial charge < -0.3 is 15.4 Å². The van der Waals surface area contributed by atoms with E-state index >= 15 is 0 Å². The Morgan fingerprint density at radius 2 is 1.81 bits per heavy atom. The molecule has 1 aliphatic carbocycles. The zero-order chi connectivity index (χ0) is 26.6. The van der Waals surface area contributed by atoms with Crippen molar-refractivity contribution < 1.29 is 22.5 Å². The van der Waals surface area contributed by atoms with E-state index in [-0.39, 0.29) is 11.4 Å². The summed E-state index contributed by atoms with van der Waals surface area (Å²) in [5.74, 6) is -0.645. The van der Waals surface area contributed by atoms with E-state index in [0.29, 0.717) is 11.6 Å². The Morgan fingerprint density at radius 1 is 1.16 bits per heavy atom. The van der Waals surface area contributed by atoms with Crippen LogP contribution in [0.3, 0.4) is 0 Å². The van der Waals surface area contributed by atoms with E-state index in [2.05, 4.69) is 9.30 Å². The van der Waals surface area contributed by atoms with Crippen molar-refractivity contribution in [3.05, 3.63) is 64.0 Å². The highest BCUT2D eigenvalue weighted by Gasteiger charge is 2.37. The summed E-state index contributed by atoms with van der Waals surface area (Å²) in [5, 5.41) is 10.9. The summed E-state index contributed by atoms with van der Waals surface area (Å²) in [6.07, 6.45) is 9.60. The van der Waals surface area contributed by atoms with E-state index in [9.17, 15) is 22.9 Å². The van der Waals surface area contributed by atoms with E-state index in [1.165, 1.54) is 32.1 Å². The van der Waals surface area contributed by atoms with Gasteiger partial charge in [-0.3, -0.25) is 10.1 Å². The van der Waals surface area contributed by atoms with Crippen LogP contribution in [-0.4, -0.2) is 45.0 Å². The summed E-state index contributed by atoms with van der Waals surface area (Å²) in [6, 6.07) is 9.39. The van der Waals surface area contributed by atoms with Gasteiger partial charge in [0.05, 0.1) is 15.4 Å². The fourth-order valence-electron chi connectivity index (χ4n) is 5.45. The van der Waals surface area contributed by atoms with Crippen LogP contribution < -0.4 is 10.6 Å². The molecule has 1 saturated heterocycles. The first-order chi connectivity index (χ1) is 17.6. The Kier molecular flexibility index (Phi) is 8.13. The third kappa shape index (κ3) is 6.27. The molecule has 0 radical (unpaired) electrons. The molecule has 2 fully saturated rings. The highest BCUT2D eigenvalue weighted by molar-refractivity contribution is 7.90. The van der Waals surface area contributed by atoms with Gasteiger partial charge in [-0.1, -0.05) is 32.1 Å². The second-order valence-corrected chi connectivity index (χ2v) is 11.6. The van der Waals surface area contributed by atoms with Crippen LogP contribution in [0, 0.1) is 21.8 Å². The molecule has 11 heteroatoms. The van der Waals surface area contributed by atoms with Crippen LogP contribution in [0.15, 0.2) is 51.8 Å². The third-order valence-corrected chi connectivity index (χ3v) is 8.94. The Morgan fingerprint density at radius 3 is 2.41 bits per heavy atom. The molecule has 0 unspecified atom stereocenters. The fraction of sp³-hybridized carbons (Fsp3) is 0.500. The standard InChI is InChI=1S/C26H33FN4O5S/c1-36-26(18-19-5-3-2-4-6-19)13-15-30(16-14-26)21-9-7-20(8-10-21)25(28)29-37(34,35)22-11-12-23(27)24(17-22)31(32)33/h7-12,17,19H,2-6,13-16,18H2,1H3,(H2,28,29). The molecule has 37 heavy (non-hydrogen) atoms. The lowest BCUT2D eigenvalue weighted by atomic mass is 9.77. The van der Waals surface area contributed by atoms with Crippen LogP contribution in [0.1, 0.15) is 56.9 Å². The molecule has 2 aromatic carbocycles. The molecule has 200 valence electrons. The minimum atomic E-state index is -4.37. The number of hydrogen-bond donors (Lipinski definition) is 1. The van der Waals surface area contributed by atoms with Crippen molar-refractivity contribution in [1.82, 2.24) is 0 Å². The maximum atomic E-state index is 13.6. The van der Waals surface area contributed by atoms with Gasteiger partial charge in [-0.15, -0.1) is 4.40 Å². The molecule has 0 amide bonds. The number of nitro groups is 1. The van der Waals surface area contributed by atoms with Crippen molar-refractivity contribution >= 4 is 27.2 Å². The quantitative estimate of drug-likeness (QED) is 0.224. The first kappa shape index (κ1) is 27.0. The number of nitro benzene ring substituents is 1. The highest BCUT2D eigenvalue weighted by atomic mass is 32.2. The molecular weight excluding hydrogens is 499 g/mol. The lowest BCUT2D eigenvalue weighted by molar-refractivity contribution is -0.387. The van der Waals surface area contributed by atoms with Crippen LogP contribution in [0.4, 0.5) is 15.8 Å². The van der Waals surface area contributed by atoms with Gasteiger partial charge in [-0.25, -0.2) is 0 Å². The summed E-state index contributed by atoms with van der Waals surface area (Å²) in [5.41, 5.74) is 6.32. The Labute approximate surface area is 216 Å².